The lowest BCUT2D eigenvalue weighted by molar-refractivity contribution is 0.198. The molecule has 2 N–H and O–H groups in total. The van der Waals surface area contributed by atoms with Crippen molar-refractivity contribution in [3.63, 3.8) is 0 Å². The van der Waals surface area contributed by atoms with E-state index in [1.165, 1.54) is 11.3 Å². The van der Waals surface area contributed by atoms with Crippen molar-refractivity contribution >= 4 is 21.2 Å². The van der Waals surface area contributed by atoms with Gasteiger partial charge in [-0.1, -0.05) is 6.07 Å². The van der Waals surface area contributed by atoms with Gasteiger partial charge in [-0.15, -0.1) is 11.3 Å². The second kappa shape index (κ2) is 3.62. The van der Waals surface area contributed by atoms with Crippen molar-refractivity contribution in [2.24, 2.45) is 0 Å². The maximum absolute atomic E-state index is 11.9. The predicted octanol–water partition coefficient (Wildman–Crippen LogP) is -0.145. The van der Waals surface area contributed by atoms with E-state index >= 15 is 0 Å². The maximum atomic E-state index is 11.9. The van der Waals surface area contributed by atoms with Crippen molar-refractivity contribution in [2.75, 3.05) is 13.1 Å². The topological polar surface area (TPSA) is 66.4 Å². The van der Waals surface area contributed by atoms with Crippen LogP contribution < -0.4 is 5.32 Å². The molecular formula is C8H11NO3S2. The Balaban J connectivity index is 2.33. The van der Waals surface area contributed by atoms with Gasteiger partial charge in [0.25, 0.3) is 0 Å². The molecule has 0 aromatic carbocycles. The Labute approximate surface area is 86.5 Å². The Morgan fingerprint density at radius 1 is 1.50 bits per heavy atom. The minimum Gasteiger partial charge on any atom is -0.390 e. The van der Waals surface area contributed by atoms with Crippen LogP contribution in [0.25, 0.3) is 0 Å². The van der Waals surface area contributed by atoms with Crippen LogP contribution in [0.5, 0.6) is 0 Å². The van der Waals surface area contributed by atoms with Crippen LogP contribution in [0.15, 0.2) is 21.7 Å². The monoisotopic (exact) mass is 233 g/mol. The minimum atomic E-state index is -3.34. The van der Waals surface area contributed by atoms with E-state index in [-0.39, 0.29) is 0 Å². The number of sulfone groups is 1. The van der Waals surface area contributed by atoms with Crippen molar-refractivity contribution in [2.45, 2.75) is 15.6 Å². The maximum Gasteiger partial charge on any atom is 0.194 e. The van der Waals surface area contributed by atoms with Crippen LogP contribution in [0.1, 0.15) is 0 Å². The standard InChI is InChI=1S/C8H11NO3S2/c10-6-4-9-5-7(6)14(11,12)8-2-1-3-13-8/h1-3,6-7,9-10H,4-5H2. The third kappa shape index (κ3) is 1.58. The highest BCUT2D eigenvalue weighted by Crippen LogP contribution is 2.24. The summed E-state index contributed by atoms with van der Waals surface area (Å²) in [5.74, 6) is 0. The molecule has 0 amide bonds. The van der Waals surface area contributed by atoms with E-state index in [0.717, 1.165) is 0 Å². The van der Waals surface area contributed by atoms with Crippen molar-refractivity contribution in [3.05, 3.63) is 17.5 Å². The molecule has 1 aromatic rings. The van der Waals surface area contributed by atoms with Crippen LogP contribution in [0.3, 0.4) is 0 Å². The number of aliphatic hydroxyl groups excluding tert-OH is 1. The van der Waals surface area contributed by atoms with Crippen molar-refractivity contribution < 1.29 is 13.5 Å². The summed E-state index contributed by atoms with van der Waals surface area (Å²) in [4.78, 5) is 0. The average Bonchev–Trinajstić information content (AvgIpc) is 2.72. The number of β-amino-alcohol motifs (C(OH)–C–C–N with tert-alkyl or cyclic N) is 1. The number of aliphatic hydroxyl groups is 1. The highest BCUT2D eigenvalue weighted by atomic mass is 32.2. The third-order valence-corrected chi connectivity index (χ3v) is 5.92. The fourth-order valence-electron chi connectivity index (χ4n) is 1.53. The van der Waals surface area contributed by atoms with Crippen molar-refractivity contribution in [1.82, 2.24) is 5.32 Å². The number of rotatable bonds is 2. The van der Waals surface area contributed by atoms with E-state index in [9.17, 15) is 13.5 Å². The Morgan fingerprint density at radius 2 is 2.29 bits per heavy atom. The van der Waals surface area contributed by atoms with E-state index in [1.807, 2.05) is 0 Å². The lowest BCUT2D eigenvalue weighted by atomic mass is 10.3. The first-order chi connectivity index (χ1) is 6.62. The zero-order valence-electron chi connectivity index (χ0n) is 7.38. The fourth-order valence-corrected chi connectivity index (χ4v) is 4.47. The number of hydrogen-bond acceptors (Lipinski definition) is 5. The molecule has 1 fully saturated rings. The second-order valence-electron chi connectivity index (χ2n) is 3.24. The average molecular weight is 233 g/mol. The van der Waals surface area contributed by atoms with E-state index < -0.39 is 21.2 Å². The molecule has 2 atom stereocenters. The normalized spacial score (nSPS) is 28.1. The van der Waals surface area contributed by atoms with Gasteiger partial charge in [0.05, 0.1) is 6.10 Å². The third-order valence-electron chi connectivity index (χ3n) is 2.30. The molecule has 1 aromatic heterocycles. The first-order valence-corrected chi connectivity index (χ1v) is 6.71. The molecule has 1 aliphatic rings. The zero-order chi connectivity index (χ0) is 10.2. The van der Waals surface area contributed by atoms with Gasteiger partial charge in [0.2, 0.25) is 0 Å². The fraction of sp³-hybridized carbons (Fsp3) is 0.500. The Hall–Kier alpha value is -0.430. The lowest BCUT2D eigenvalue weighted by Crippen LogP contribution is -2.32. The van der Waals surface area contributed by atoms with Gasteiger partial charge in [-0.25, -0.2) is 8.42 Å². The van der Waals surface area contributed by atoms with Crippen LogP contribution in [0.2, 0.25) is 0 Å². The molecule has 1 aliphatic heterocycles. The Bertz CT molecular complexity index is 398. The second-order valence-corrected chi connectivity index (χ2v) is 6.58. The SMILES string of the molecule is O=S(=O)(c1cccs1)C1CNCC1O. The van der Waals surface area contributed by atoms with E-state index in [0.29, 0.717) is 17.3 Å². The smallest absolute Gasteiger partial charge is 0.194 e. The molecule has 1 saturated heterocycles. The highest BCUT2D eigenvalue weighted by Gasteiger charge is 2.37. The molecule has 2 heterocycles. The summed E-state index contributed by atoms with van der Waals surface area (Å²) in [5, 5.41) is 13.4. The Morgan fingerprint density at radius 3 is 2.79 bits per heavy atom. The van der Waals surface area contributed by atoms with Gasteiger partial charge in [0.1, 0.15) is 9.46 Å². The van der Waals surface area contributed by atoms with Crippen LogP contribution in [-0.2, 0) is 9.84 Å². The number of hydrogen-bond donors (Lipinski definition) is 2. The van der Waals surface area contributed by atoms with Gasteiger partial charge in [-0.2, -0.15) is 0 Å². The van der Waals surface area contributed by atoms with Gasteiger partial charge in [-0.3, -0.25) is 0 Å². The van der Waals surface area contributed by atoms with Gasteiger partial charge in [-0.05, 0) is 11.4 Å². The molecule has 0 spiro atoms. The molecule has 2 rings (SSSR count). The Kier molecular flexibility index (Phi) is 2.61. The van der Waals surface area contributed by atoms with Crippen molar-refractivity contribution in [3.8, 4) is 0 Å². The predicted molar refractivity (Wildman–Crippen MR) is 54.2 cm³/mol. The molecule has 78 valence electrons. The number of nitrogens with one attached hydrogen (secondary N) is 1. The summed E-state index contributed by atoms with van der Waals surface area (Å²) in [6, 6.07) is 3.28. The van der Waals surface area contributed by atoms with E-state index in [4.69, 9.17) is 0 Å². The van der Waals surface area contributed by atoms with Crippen LogP contribution in [0, 0.1) is 0 Å². The summed E-state index contributed by atoms with van der Waals surface area (Å²) in [5.41, 5.74) is 0. The summed E-state index contributed by atoms with van der Waals surface area (Å²) in [6.07, 6.45) is -0.790. The zero-order valence-corrected chi connectivity index (χ0v) is 9.01. The quantitative estimate of drug-likeness (QED) is 0.746. The first kappa shape index (κ1) is 10.1. The van der Waals surface area contributed by atoms with Crippen LogP contribution in [0.4, 0.5) is 0 Å². The number of thiophene rings is 1. The highest BCUT2D eigenvalue weighted by molar-refractivity contribution is 7.94. The van der Waals surface area contributed by atoms with Gasteiger partial charge in [0, 0.05) is 13.1 Å². The molecule has 2 unspecified atom stereocenters. The largest absolute Gasteiger partial charge is 0.390 e. The summed E-state index contributed by atoms with van der Waals surface area (Å²) in [6.45, 7) is 0.691. The first-order valence-electron chi connectivity index (χ1n) is 4.28. The lowest BCUT2D eigenvalue weighted by Gasteiger charge is -2.12. The van der Waals surface area contributed by atoms with E-state index in [1.54, 1.807) is 17.5 Å². The van der Waals surface area contributed by atoms with Gasteiger partial charge < -0.3 is 10.4 Å². The summed E-state index contributed by atoms with van der Waals surface area (Å²) >= 11 is 1.19. The molecule has 0 aliphatic carbocycles. The molecular weight excluding hydrogens is 222 g/mol. The molecule has 14 heavy (non-hydrogen) atoms. The van der Waals surface area contributed by atoms with Crippen LogP contribution in [-0.4, -0.2) is 38.0 Å². The molecule has 0 saturated carbocycles. The van der Waals surface area contributed by atoms with Gasteiger partial charge >= 0.3 is 0 Å². The molecule has 6 heteroatoms. The summed E-state index contributed by atoms with van der Waals surface area (Å²) < 4.78 is 24.2. The minimum absolute atomic E-state index is 0.335. The molecule has 0 bridgehead atoms. The van der Waals surface area contributed by atoms with Crippen LogP contribution >= 0.6 is 11.3 Å². The van der Waals surface area contributed by atoms with Crippen molar-refractivity contribution in [1.29, 1.82) is 0 Å². The van der Waals surface area contributed by atoms with E-state index in [2.05, 4.69) is 5.32 Å². The molecule has 4 nitrogen and oxygen atoms in total. The molecule has 0 radical (unpaired) electrons. The summed E-state index contributed by atoms with van der Waals surface area (Å²) in [7, 11) is -3.34. The van der Waals surface area contributed by atoms with Gasteiger partial charge in [0.15, 0.2) is 9.84 Å².